The van der Waals surface area contributed by atoms with Crippen LogP contribution in [0.4, 0.5) is 4.79 Å². The van der Waals surface area contributed by atoms with Crippen molar-refractivity contribution < 1.29 is 19.1 Å². The SMILES string of the molecule is CCCCCCCCC(CCCCCC)C(=O)OCCCCCCNCCCCNC(=O)OC(C)(C)C. The number of nitrogens with one attached hydrogen (secondary N) is 2. The first-order valence-corrected chi connectivity index (χ1v) is 15.6. The molecule has 0 saturated carbocycles. The van der Waals surface area contributed by atoms with Crippen LogP contribution in [0.15, 0.2) is 0 Å². The molecule has 0 spiro atoms. The summed E-state index contributed by atoms with van der Waals surface area (Å²) >= 11 is 0. The summed E-state index contributed by atoms with van der Waals surface area (Å²) in [4.78, 5) is 24.3. The second-order valence-electron chi connectivity index (χ2n) is 11.6. The van der Waals surface area contributed by atoms with E-state index in [0.29, 0.717) is 13.2 Å². The highest BCUT2D eigenvalue weighted by molar-refractivity contribution is 5.72. The van der Waals surface area contributed by atoms with E-state index in [2.05, 4.69) is 24.5 Å². The summed E-state index contributed by atoms with van der Waals surface area (Å²) < 4.78 is 10.9. The minimum atomic E-state index is -0.448. The summed E-state index contributed by atoms with van der Waals surface area (Å²) in [5, 5.41) is 6.26. The summed E-state index contributed by atoms with van der Waals surface area (Å²) in [6, 6.07) is 0. The van der Waals surface area contributed by atoms with Gasteiger partial charge in [0, 0.05) is 6.54 Å². The van der Waals surface area contributed by atoms with Crippen LogP contribution < -0.4 is 10.6 Å². The molecule has 6 heteroatoms. The molecule has 1 atom stereocenters. The minimum Gasteiger partial charge on any atom is -0.465 e. The molecule has 0 aromatic carbocycles. The fourth-order valence-electron chi connectivity index (χ4n) is 4.37. The van der Waals surface area contributed by atoms with Crippen molar-refractivity contribution in [3.8, 4) is 0 Å². The Hall–Kier alpha value is -1.30. The number of hydrogen-bond acceptors (Lipinski definition) is 5. The molecule has 0 aromatic rings. The van der Waals surface area contributed by atoms with Crippen molar-refractivity contribution >= 4 is 12.1 Å². The predicted molar refractivity (Wildman–Crippen MR) is 156 cm³/mol. The Morgan fingerprint density at radius 2 is 1.14 bits per heavy atom. The van der Waals surface area contributed by atoms with Gasteiger partial charge in [-0.25, -0.2) is 4.79 Å². The lowest BCUT2D eigenvalue weighted by atomic mass is 9.94. The Morgan fingerprint density at radius 1 is 0.649 bits per heavy atom. The first kappa shape index (κ1) is 35.7. The molecular formula is C31H62N2O4. The Bertz CT molecular complexity index is 534. The van der Waals surface area contributed by atoms with Gasteiger partial charge in [-0.05, 0) is 72.4 Å². The molecule has 0 heterocycles. The number of rotatable bonds is 25. The van der Waals surface area contributed by atoms with Crippen molar-refractivity contribution in [2.45, 2.75) is 156 Å². The maximum atomic E-state index is 12.7. The smallest absolute Gasteiger partial charge is 0.407 e. The highest BCUT2D eigenvalue weighted by Crippen LogP contribution is 2.20. The Kier molecular flexibility index (Phi) is 24.1. The molecule has 2 N–H and O–H groups in total. The number of hydrogen-bond donors (Lipinski definition) is 2. The van der Waals surface area contributed by atoms with E-state index in [1.165, 1.54) is 51.4 Å². The fourth-order valence-corrected chi connectivity index (χ4v) is 4.37. The standard InChI is InChI=1S/C31H62N2O4/c1-6-8-10-12-13-17-23-28(22-16-11-9-7-2)29(34)36-27-21-15-14-18-24-32-25-19-20-26-33-30(35)37-31(3,4)5/h28,32H,6-27H2,1-5H3,(H,33,35). The summed E-state index contributed by atoms with van der Waals surface area (Å²) in [5.74, 6) is 0.152. The third kappa shape index (κ3) is 26.1. The molecule has 37 heavy (non-hydrogen) atoms. The van der Waals surface area contributed by atoms with Gasteiger partial charge in [-0.1, -0.05) is 90.9 Å². The average molecular weight is 527 g/mol. The van der Waals surface area contributed by atoms with Crippen molar-refractivity contribution in [3.05, 3.63) is 0 Å². The van der Waals surface area contributed by atoms with Crippen LogP contribution in [0, 0.1) is 5.92 Å². The lowest BCUT2D eigenvalue weighted by molar-refractivity contribution is -0.149. The van der Waals surface area contributed by atoms with Gasteiger partial charge in [-0.2, -0.15) is 0 Å². The first-order chi connectivity index (χ1) is 17.8. The third-order valence-corrected chi connectivity index (χ3v) is 6.59. The summed E-state index contributed by atoms with van der Waals surface area (Å²) in [6.45, 7) is 13.3. The van der Waals surface area contributed by atoms with E-state index < -0.39 is 5.60 Å². The molecule has 0 saturated heterocycles. The van der Waals surface area contributed by atoms with Crippen LogP contribution in [0.2, 0.25) is 0 Å². The molecule has 0 rings (SSSR count). The molecule has 0 fully saturated rings. The van der Waals surface area contributed by atoms with Gasteiger partial charge in [-0.15, -0.1) is 0 Å². The third-order valence-electron chi connectivity index (χ3n) is 6.59. The molecule has 220 valence electrons. The number of ether oxygens (including phenoxy) is 2. The molecule has 0 aromatic heterocycles. The molecule has 6 nitrogen and oxygen atoms in total. The predicted octanol–water partition coefficient (Wildman–Crippen LogP) is 8.32. The Labute approximate surface area is 229 Å². The quantitative estimate of drug-likeness (QED) is 0.0923. The number of amides is 1. The van der Waals surface area contributed by atoms with E-state index in [-0.39, 0.29) is 18.0 Å². The van der Waals surface area contributed by atoms with Crippen molar-refractivity contribution in [3.63, 3.8) is 0 Å². The van der Waals surface area contributed by atoms with Crippen molar-refractivity contribution in [1.82, 2.24) is 10.6 Å². The van der Waals surface area contributed by atoms with E-state index in [4.69, 9.17) is 9.47 Å². The van der Waals surface area contributed by atoms with Gasteiger partial charge in [0.25, 0.3) is 0 Å². The Balaban J connectivity index is 3.75. The van der Waals surface area contributed by atoms with Crippen LogP contribution >= 0.6 is 0 Å². The molecule has 0 aliphatic rings. The summed E-state index contributed by atoms with van der Waals surface area (Å²) in [5.41, 5.74) is -0.448. The van der Waals surface area contributed by atoms with Crippen LogP contribution in [0.25, 0.3) is 0 Å². The molecular weight excluding hydrogens is 464 g/mol. The van der Waals surface area contributed by atoms with E-state index in [0.717, 1.165) is 77.3 Å². The van der Waals surface area contributed by atoms with Crippen LogP contribution in [0.5, 0.6) is 0 Å². The van der Waals surface area contributed by atoms with Gasteiger partial charge in [0.2, 0.25) is 0 Å². The first-order valence-electron chi connectivity index (χ1n) is 15.6. The van der Waals surface area contributed by atoms with Gasteiger partial charge >= 0.3 is 12.1 Å². The highest BCUT2D eigenvalue weighted by Gasteiger charge is 2.19. The molecule has 0 aliphatic heterocycles. The zero-order valence-electron chi connectivity index (χ0n) is 25.3. The number of carbonyl (C=O) groups is 2. The maximum Gasteiger partial charge on any atom is 0.407 e. The molecule has 0 radical (unpaired) electrons. The van der Waals surface area contributed by atoms with Gasteiger partial charge in [0.15, 0.2) is 0 Å². The highest BCUT2D eigenvalue weighted by atomic mass is 16.6. The lowest BCUT2D eigenvalue weighted by Gasteiger charge is -2.19. The molecule has 0 aliphatic carbocycles. The van der Waals surface area contributed by atoms with E-state index >= 15 is 0 Å². The number of esters is 1. The van der Waals surface area contributed by atoms with Crippen molar-refractivity contribution in [2.24, 2.45) is 5.92 Å². The van der Waals surface area contributed by atoms with Crippen molar-refractivity contribution in [2.75, 3.05) is 26.2 Å². The second-order valence-corrected chi connectivity index (χ2v) is 11.6. The maximum absolute atomic E-state index is 12.7. The second kappa shape index (κ2) is 25.0. The minimum absolute atomic E-state index is 0.0490. The summed E-state index contributed by atoms with van der Waals surface area (Å²) in [7, 11) is 0. The van der Waals surface area contributed by atoms with Crippen LogP contribution in [-0.2, 0) is 14.3 Å². The lowest BCUT2D eigenvalue weighted by Crippen LogP contribution is -2.33. The topological polar surface area (TPSA) is 76.7 Å². The Morgan fingerprint density at radius 3 is 1.76 bits per heavy atom. The molecule has 0 bridgehead atoms. The van der Waals surface area contributed by atoms with E-state index in [9.17, 15) is 9.59 Å². The largest absolute Gasteiger partial charge is 0.465 e. The normalized spacial score (nSPS) is 12.4. The fraction of sp³-hybridized carbons (Fsp3) is 0.935. The van der Waals surface area contributed by atoms with Gasteiger partial charge in [-0.3, -0.25) is 4.79 Å². The van der Waals surface area contributed by atoms with Crippen LogP contribution in [0.3, 0.4) is 0 Å². The zero-order valence-corrected chi connectivity index (χ0v) is 25.3. The van der Waals surface area contributed by atoms with Crippen LogP contribution in [0.1, 0.15) is 150 Å². The summed E-state index contributed by atoms with van der Waals surface area (Å²) in [6.07, 6.45) is 20.5. The number of alkyl carbamates (subject to hydrolysis) is 1. The average Bonchev–Trinajstić information content (AvgIpc) is 2.84. The van der Waals surface area contributed by atoms with E-state index in [1.54, 1.807) is 0 Å². The zero-order chi connectivity index (χ0) is 27.6. The van der Waals surface area contributed by atoms with Crippen LogP contribution in [-0.4, -0.2) is 43.9 Å². The van der Waals surface area contributed by atoms with Gasteiger partial charge < -0.3 is 20.1 Å². The van der Waals surface area contributed by atoms with Gasteiger partial charge in [0.05, 0.1) is 12.5 Å². The monoisotopic (exact) mass is 526 g/mol. The van der Waals surface area contributed by atoms with Crippen molar-refractivity contribution in [1.29, 1.82) is 0 Å². The number of carbonyl (C=O) groups excluding carboxylic acids is 2. The number of unbranched alkanes of at least 4 members (excludes halogenated alkanes) is 12. The van der Waals surface area contributed by atoms with E-state index in [1.807, 2.05) is 20.8 Å². The van der Waals surface area contributed by atoms with Gasteiger partial charge in [0.1, 0.15) is 5.60 Å². The molecule has 1 unspecified atom stereocenters. The molecule has 1 amide bonds.